The molecule has 0 fully saturated rings. The van der Waals surface area contributed by atoms with Gasteiger partial charge in [-0.2, -0.15) is 0 Å². The Balaban J connectivity index is 1.87. The zero-order valence-corrected chi connectivity index (χ0v) is 14.4. The molecule has 124 valence electrons. The van der Waals surface area contributed by atoms with E-state index in [1.54, 1.807) is 42.5 Å². The minimum atomic E-state index is -0.450. The first-order valence-corrected chi connectivity index (χ1v) is 7.81. The molecule has 0 bridgehead atoms. The lowest BCUT2D eigenvalue weighted by atomic mass is 10.2. The Bertz CT molecular complexity index is 759. The van der Waals surface area contributed by atoms with Crippen molar-refractivity contribution in [2.24, 2.45) is 0 Å². The van der Waals surface area contributed by atoms with E-state index in [-0.39, 0.29) is 18.4 Å². The van der Waals surface area contributed by atoms with Crippen LogP contribution in [0.3, 0.4) is 0 Å². The minimum Gasteiger partial charge on any atom is -0.465 e. The van der Waals surface area contributed by atoms with Crippen LogP contribution in [-0.4, -0.2) is 31.4 Å². The lowest BCUT2D eigenvalue weighted by molar-refractivity contribution is -0.115. The van der Waals surface area contributed by atoms with Crippen LogP contribution in [0.25, 0.3) is 0 Å². The highest BCUT2D eigenvalue weighted by molar-refractivity contribution is 9.10. The van der Waals surface area contributed by atoms with Crippen molar-refractivity contribution >= 4 is 39.4 Å². The zero-order chi connectivity index (χ0) is 17.5. The Hall–Kier alpha value is -2.67. The topological polar surface area (TPSA) is 84.5 Å². The molecule has 0 radical (unpaired) electrons. The van der Waals surface area contributed by atoms with Crippen LogP contribution >= 0.6 is 15.9 Å². The molecule has 0 aromatic heterocycles. The van der Waals surface area contributed by atoms with Crippen molar-refractivity contribution < 1.29 is 19.1 Å². The van der Waals surface area contributed by atoms with Crippen LogP contribution in [0.4, 0.5) is 5.69 Å². The number of nitrogens with one attached hydrogen (secondary N) is 2. The predicted octanol–water partition coefficient (Wildman–Crippen LogP) is 2.60. The molecule has 0 heterocycles. The van der Waals surface area contributed by atoms with E-state index in [0.717, 1.165) is 4.47 Å². The van der Waals surface area contributed by atoms with Crippen LogP contribution in [-0.2, 0) is 9.53 Å². The Morgan fingerprint density at radius 3 is 2.38 bits per heavy atom. The van der Waals surface area contributed by atoms with Gasteiger partial charge in [0, 0.05) is 15.7 Å². The third-order valence-electron chi connectivity index (χ3n) is 3.09. The average molecular weight is 391 g/mol. The molecule has 6 nitrogen and oxygen atoms in total. The molecule has 0 saturated heterocycles. The fraction of sp³-hybridized carbons (Fsp3) is 0.118. The summed E-state index contributed by atoms with van der Waals surface area (Å²) in [7, 11) is 1.30. The SMILES string of the molecule is COC(=O)c1ccc(NC(=O)CNC(=O)c2cccc(Br)c2)cc1. The normalized spacial score (nSPS) is 9.92. The van der Waals surface area contributed by atoms with E-state index >= 15 is 0 Å². The number of anilines is 1. The average Bonchev–Trinajstić information content (AvgIpc) is 2.59. The lowest BCUT2D eigenvalue weighted by Crippen LogP contribution is -2.32. The fourth-order valence-corrected chi connectivity index (χ4v) is 2.30. The number of amides is 2. The van der Waals surface area contributed by atoms with E-state index in [0.29, 0.717) is 16.8 Å². The minimum absolute atomic E-state index is 0.163. The molecule has 0 aliphatic carbocycles. The standard InChI is InChI=1S/C17H15BrN2O4/c1-24-17(23)11-5-7-14(8-6-11)20-15(21)10-19-16(22)12-3-2-4-13(18)9-12/h2-9H,10H2,1H3,(H,19,22)(H,20,21). The quantitative estimate of drug-likeness (QED) is 0.768. The molecule has 0 spiro atoms. The summed E-state index contributed by atoms with van der Waals surface area (Å²) in [5, 5.41) is 5.17. The van der Waals surface area contributed by atoms with E-state index in [2.05, 4.69) is 31.3 Å². The van der Waals surface area contributed by atoms with Crippen LogP contribution in [0, 0.1) is 0 Å². The van der Waals surface area contributed by atoms with Crippen LogP contribution in [0.1, 0.15) is 20.7 Å². The van der Waals surface area contributed by atoms with Crippen molar-refractivity contribution in [3.63, 3.8) is 0 Å². The van der Waals surface area contributed by atoms with E-state index in [1.165, 1.54) is 7.11 Å². The van der Waals surface area contributed by atoms with Gasteiger partial charge >= 0.3 is 5.97 Å². The molecule has 0 aliphatic heterocycles. The molecule has 0 aliphatic rings. The monoisotopic (exact) mass is 390 g/mol. The molecular weight excluding hydrogens is 376 g/mol. The number of methoxy groups -OCH3 is 1. The second-order valence-electron chi connectivity index (χ2n) is 4.81. The first-order chi connectivity index (χ1) is 11.5. The molecule has 0 atom stereocenters. The predicted molar refractivity (Wildman–Crippen MR) is 92.9 cm³/mol. The van der Waals surface area contributed by atoms with Gasteiger partial charge in [-0.25, -0.2) is 4.79 Å². The summed E-state index contributed by atoms with van der Waals surface area (Å²) in [6, 6.07) is 13.1. The van der Waals surface area contributed by atoms with Crippen molar-refractivity contribution in [1.82, 2.24) is 5.32 Å². The molecule has 0 saturated carbocycles. The van der Waals surface area contributed by atoms with Gasteiger partial charge in [0.05, 0.1) is 19.2 Å². The van der Waals surface area contributed by atoms with Crippen molar-refractivity contribution in [2.75, 3.05) is 19.0 Å². The smallest absolute Gasteiger partial charge is 0.337 e. The Labute approximate surface area is 147 Å². The fourth-order valence-electron chi connectivity index (χ4n) is 1.91. The molecular formula is C17H15BrN2O4. The molecule has 2 aromatic carbocycles. The maximum atomic E-state index is 11.9. The van der Waals surface area contributed by atoms with Gasteiger partial charge in [-0.15, -0.1) is 0 Å². The number of carbonyl (C=O) groups excluding carboxylic acids is 3. The molecule has 24 heavy (non-hydrogen) atoms. The number of hydrogen-bond donors (Lipinski definition) is 2. The third kappa shape index (κ3) is 4.92. The van der Waals surface area contributed by atoms with Gasteiger partial charge in [0.25, 0.3) is 5.91 Å². The van der Waals surface area contributed by atoms with Gasteiger partial charge in [0.1, 0.15) is 0 Å². The van der Waals surface area contributed by atoms with Gasteiger partial charge in [-0.1, -0.05) is 22.0 Å². The van der Waals surface area contributed by atoms with Crippen molar-refractivity contribution in [2.45, 2.75) is 0 Å². The maximum absolute atomic E-state index is 11.9. The van der Waals surface area contributed by atoms with Crippen LogP contribution in [0.5, 0.6) is 0 Å². The summed E-state index contributed by atoms with van der Waals surface area (Å²) in [6.45, 7) is -0.163. The number of benzene rings is 2. The molecule has 2 amide bonds. The summed E-state index contributed by atoms with van der Waals surface area (Å²) < 4.78 is 5.38. The number of esters is 1. The summed E-state index contributed by atoms with van der Waals surface area (Å²) in [5.74, 6) is -1.16. The van der Waals surface area contributed by atoms with Gasteiger partial charge in [0.2, 0.25) is 5.91 Å². The Kier molecular flexibility index (Phi) is 6.08. The van der Waals surface area contributed by atoms with Gasteiger partial charge in [0.15, 0.2) is 0 Å². The highest BCUT2D eigenvalue weighted by Crippen LogP contribution is 2.12. The van der Waals surface area contributed by atoms with Gasteiger partial charge < -0.3 is 15.4 Å². The first kappa shape index (κ1) is 17.7. The van der Waals surface area contributed by atoms with Crippen molar-refractivity contribution in [3.05, 3.63) is 64.1 Å². The second-order valence-corrected chi connectivity index (χ2v) is 5.73. The maximum Gasteiger partial charge on any atom is 0.337 e. The van der Waals surface area contributed by atoms with E-state index < -0.39 is 5.97 Å². The van der Waals surface area contributed by atoms with Crippen molar-refractivity contribution in [3.8, 4) is 0 Å². The molecule has 0 unspecified atom stereocenters. The summed E-state index contributed by atoms with van der Waals surface area (Å²) in [4.78, 5) is 35.1. The van der Waals surface area contributed by atoms with Crippen LogP contribution in [0.15, 0.2) is 53.0 Å². The lowest BCUT2D eigenvalue weighted by Gasteiger charge is -2.08. The number of ether oxygens (including phenoxy) is 1. The number of hydrogen-bond acceptors (Lipinski definition) is 4. The largest absolute Gasteiger partial charge is 0.465 e. The van der Waals surface area contributed by atoms with Crippen molar-refractivity contribution in [1.29, 1.82) is 0 Å². The van der Waals surface area contributed by atoms with Gasteiger partial charge in [-0.05, 0) is 42.5 Å². The van der Waals surface area contributed by atoms with E-state index in [4.69, 9.17) is 0 Å². The van der Waals surface area contributed by atoms with E-state index in [1.807, 2.05) is 6.07 Å². The Morgan fingerprint density at radius 1 is 1.04 bits per heavy atom. The van der Waals surface area contributed by atoms with E-state index in [9.17, 15) is 14.4 Å². The third-order valence-corrected chi connectivity index (χ3v) is 3.58. The molecule has 2 aromatic rings. The summed E-state index contributed by atoms with van der Waals surface area (Å²) >= 11 is 3.28. The zero-order valence-electron chi connectivity index (χ0n) is 12.8. The summed E-state index contributed by atoms with van der Waals surface area (Å²) in [6.07, 6.45) is 0. The molecule has 7 heteroatoms. The number of carbonyl (C=O) groups is 3. The van der Waals surface area contributed by atoms with Gasteiger partial charge in [-0.3, -0.25) is 9.59 Å². The first-order valence-electron chi connectivity index (χ1n) is 7.01. The highest BCUT2D eigenvalue weighted by Gasteiger charge is 2.09. The molecule has 2 N–H and O–H groups in total. The number of halogens is 1. The highest BCUT2D eigenvalue weighted by atomic mass is 79.9. The number of rotatable bonds is 5. The van der Waals surface area contributed by atoms with Crippen LogP contribution < -0.4 is 10.6 Å². The molecule has 2 rings (SSSR count). The second kappa shape index (κ2) is 8.26. The Morgan fingerprint density at radius 2 is 1.75 bits per heavy atom. The summed E-state index contributed by atoms with van der Waals surface area (Å²) in [5.41, 5.74) is 1.36. The van der Waals surface area contributed by atoms with Crippen LogP contribution in [0.2, 0.25) is 0 Å².